The van der Waals surface area contributed by atoms with Crippen molar-refractivity contribution >= 4 is 17.3 Å². The molecule has 0 saturated carbocycles. The number of rotatable bonds is 3. The molecule has 1 fully saturated rings. The molecule has 0 N–H and O–H groups in total. The van der Waals surface area contributed by atoms with E-state index in [2.05, 4.69) is 5.01 Å². The van der Waals surface area contributed by atoms with Gasteiger partial charge in [-0.15, -0.1) is 0 Å². The van der Waals surface area contributed by atoms with Crippen LogP contribution in [0.4, 0.5) is 10.1 Å². The average Bonchev–Trinajstić information content (AvgIpc) is 2.37. The Kier molecular flexibility index (Phi) is 4.24. The molecule has 0 radical (unpaired) electrons. The summed E-state index contributed by atoms with van der Waals surface area (Å²) >= 11 is 5.83. The summed E-state index contributed by atoms with van der Waals surface area (Å²) in [6, 6.07) is 5.18. The third-order valence-corrected chi connectivity index (χ3v) is 3.47. The van der Waals surface area contributed by atoms with Crippen molar-refractivity contribution in [2.45, 2.75) is 26.2 Å². The first kappa shape index (κ1) is 12.7. The molecule has 4 heteroatoms. The lowest BCUT2D eigenvalue weighted by atomic mass is 10.1. The maximum atomic E-state index is 14.0. The Morgan fingerprint density at radius 3 is 2.65 bits per heavy atom. The second kappa shape index (κ2) is 5.69. The van der Waals surface area contributed by atoms with E-state index in [-0.39, 0.29) is 10.8 Å². The van der Waals surface area contributed by atoms with Gasteiger partial charge in [-0.2, -0.15) is 0 Å². The van der Waals surface area contributed by atoms with Crippen molar-refractivity contribution in [1.29, 1.82) is 0 Å². The van der Waals surface area contributed by atoms with Crippen molar-refractivity contribution in [3.8, 4) is 0 Å². The van der Waals surface area contributed by atoms with Crippen molar-refractivity contribution in [3.05, 3.63) is 29.0 Å². The normalized spacial score (nSPS) is 17.1. The number of piperidine rings is 1. The Morgan fingerprint density at radius 2 is 2.00 bits per heavy atom. The number of hydrogen-bond donors (Lipinski definition) is 0. The third kappa shape index (κ3) is 2.72. The van der Waals surface area contributed by atoms with Crippen LogP contribution in [0.25, 0.3) is 0 Å². The molecular formula is C13H18ClFN2. The second-order valence-corrected chi connectivity index (χ2v) is 4.71. The van der Waals surface area contributed by atoms with E-state index in [0.29, 0.717) is 5.69 Å². The zero-order chi connectivity index (χ0) is 12.3. The summed E-state index contributed by atoms with van der Waals surface area (Å²) < 4.78 is 14.0. The fourth-order valence-electron chi connectivity index (χ4n) is 2.33. The molecule has 0 aliphatic carbocycles. The van der Waals surface area contributed by atoms with Crippen molar-refractivity contribution in [1.82, 2.24) is 5.01 Å². The van der Waals surface area contributed by atoms with Gasteiger partial charge in [0, 0.05) is 19.6 Å². The van der Waals surface area contributed by atoms with E-state index in [4.69, 9.17) is 11.6 Å². The van der Waals surface area contributed by atoms with Crippen molar-refractivity contribution in [3.63, 3.8) is 0 Å². The molecular weight excluding hydrogens is 239 g/mol. The predicted molar refractivity (Wildman–Crippen MR) is 69.9 cm³/mol. The Morgan fingerprint density at radius 1 is 1.29 bits per heavy atom. The van der Waals surface area contributed by atoms with Crippen molar-refractivity contribution in [2.24, 2.45) is 0 Å². The highest BCUT2D eigenvalue weighted by Gasteiger charge is 2.20. The Bertz CT molecular complexity index is 378. The number of hydrazine groups is 1. The summed E-state index contributed by atoms with van der Waals surface area (Å²) in [6.07, 6.45) is 3.63. The number of hydrogen-bond acceptors (Lipinski definition) is 2. The SMILES string of the molecule is CCN(c1cccc(Cl)c1F)N1CCCCC1. The molecule has 0 atom stereocenters. The molecule has 1 saturated heterocycles. The molecule has 1 aromatic carbocycles. The van der Waals surface area contributed by atoms with E-state index >= 15 is 0 Å². The molecule has 17 heavy (non-hydrogen) atoms. The quantitative estimate of drug-likeness (QED) is 0.814. The van der Waals surface area contributed by atoms with E-state index in [1.54, 1.807) is 18.2 Å². The number of anilines is 1. The van der Waals surface area contributed by atoms with Crippen LogP contribution in [0.1, 0.15) is 26.2 Å². The first-order chi connectivity index (χ1) is 8.24. The highest BCUT2D eigenvalue weighted by atomic mass is 35.5. The Balaban J connectivity index is 2.24. The minimum Gasteiger partial charge on any atom is -0.303 e. The fourth-order valence-corrected chi connectivity index (χ4v) is 2.50. The van der Waals surface area contributed by atoms with Gasteiger partial charge in [0.1, 0.15) is 0 Å². The van der Waals surface area contributed by atoms with Crippen LogP contribution in [-0.2, 0) is 0 Å². The van der Waals surface area contributed by atoms with Crippen LogP contribution >= 0.6 is 11.6 Å². The highest BCUT2D eigenvalue weighted by Crippen LogP contribution is 2.27. The van der Waals surface area contributed by atoms with Gasteiger partial charge in [-0.05, 0) is 31.9 Å². The van der Waals surface area contributed by atoms with E-state index < -0.39 is 0 Å². The lowest BCUT2D eigenvalue weighted by Crippen LogP contribution is -2.46. The molecule has 1 aliphatic rings. The van der Waals surface area contributed by atoms with Gasteiger partial charge in [0.05, 0.1) is 10.7 Å². The van der Waals surface area contributed by atoms with Crippen LogP contribution in [0, 0.1) is 5.82 Å². The summed E-state index contributed by atoms with van der Waals surface area (Å²) in [5.41, 5.74) is 0.585. The minimum absolute atomic E-state index is 0.193. The number of benzene rings is 1. The molecule has 0 aromatic heterocycles. The summed E-state index contributed by atoms with van der Waals surface area (Å²) in [5.74, 6) is -0.318. The zero-order valence-corrected chi connectivity index (χ0v) is 10.9. The van der Waals surface area contributed by atoms with E-state index in [1.807, 2.05) is 11.9 Å². The fraction of sp³-hybridized carbons (Fsp3) is 0.538. The Hall–Kier alpha value is -0.800. The summed E-state index contributed by atoms with van der Waals surface area (Å²) in [6.45, 7) is 4.80. The maximum absolute atomic E-state index is 14.0. The molecule has 2 nitrogen and oxygen atoms in total. The monoisotopic (exact) mass is 256 g/mol. The Labute approximate surface area is 107 Å². The van der Waals surface area contributed by atoms with Gasteiger partial charge < -0.3 is 5.01 Å². The number of halogens is 2. The van der Waals surface area contributed by atoms with Crippen molar-refractivity contribution in [2.75, 3.05) is 24.6 Å². The lowest BCUT2D eigenvalue weighted by Gasteiger charge is -2.38. The van der Waals surface area contributed by atoms with Gasteiger partial charge in [0.2, 0.25) is 0 Å². The van der Waals surface area contributed by atoms with Crippen LogP contribution in [0.3, 0.4) is 0 Å². The topological polar surface area (TPSA) is 6.48 Å². The van der Waals surface area contributed by atoms with Gasteiger partial charge in [0.15, 0.2) is 5.82 Å². The first-order valence-corrected chi connectivity index (χ1v) is 6.58. The van der Waals surface area contributed by atoms with Crippen LogP contribution in [0.15, 0.2) is 18.2 Å². The second-order valence-electron chi connectivity index (χ2n) is 4.30. The molecule has 0 spiro atoms. The van der Waals surface area contributed by atoms with Gasteiger partial charge in [-0.1, -0.05) is 24.1 Å². The molecule has 0 bridgehead atoms. The molecule has 94 valence electrons. The van der Waals surface area contributed by atoms with Gasteiger partial charge in [0.25, 0.3) is 0 Å². The van der Waals surface area contributed by atoms with Crippen LogP contribution in [0.5, 0.6) is 0 Å². The van der Waals surface area contributed by atoms with E-state index in [9.17, 15) is 4.39 Å². The predicted octanol–water partition coefficient (Wildman–Crippen LogP) is 3.71. The maximum Gasteiger partial charge on any atom is 0.166 e. The van der Waals surface area contributed by atoms with E-state index in [1.165, 1.54) is 19.3 Å². The molecule has 1 heterocycles. The smallest absolute Gasteiger partial charge is 0.166 e. The lowest BCUT2D eigenvalue weighted by molar-refractivity contribution is 0.209. The summed E-state index contributed by atoms with van der Waals surface area (Å²) in [5, 5.41) is 4.41. The van der Waals surface area contributed by atoms with Gasteiger partial charge >= 0.3 is 0 Å². The van der Waals surface area contributed by atoms with E-state index in [0.717, 1.165) is 19.6 Å². The first-order valence-electron chi connectivity index (χ1n) is 6.20. The average molecular weight is 257 g/mol. The van der Waals surface area contributed by atoms with Gasteiger partial charge in [-0.3, -0.25) is 0 Å². The third-order valence-electron chi connectivity index (χ3n) is 3.18. The zero-order valence-electron chi connectivity index (χ0n) is 10.1. The van der Waals surface area contributed by atoms with Crippen LogP contribution in [0.2, 0.25) is 5.02 Å². The minimum atomic E-state index is -0.318. The molecule has 0 amide bonds. The largest absolute Gasteiger partial charge is 0.303 e. The summed E-state index contributed by atoms with van der Waals surface area (Å²) in [4.78, 5) is 0. The van der Waals surface area contributed by atoms with Gasteiger partial charge in [-0.25, -0.2) is 9.40 Å². The standard InChI is InChI=1S/C13H18ClFN2/c1-2-17(16-9-4-3-5-10-16)12-8-6-7-11(14)13(12)15/h6-8H,2-5,9-10H2,1H3. The van der Waals surface area contributed by atoms with Crippen molar-refractivity contribution < 1.29 is 4.39 Å². The van der Waals surface area contributed by atoms with Crippen LogP contribution in [-0.4, -0.2) is 24.6 Å². The molecule has 2 rings (SSSR count). The molecule has 0 unspecified atom stereocenters. The van der Waals surface area contributed by atoms with Crippen LogP contribution < -0.4 is 5.01 Å². The number of nitrogens with zero attached hydrogens (tertiary/aromatic N) is 2. The highest BCUT2D eigenvalue weighted by molar-refractivity contribution is 6.31. The summed E-state index contributed by atoms with van der Waals surface area (Å²) in [7, 11) is 0. The molecule has 1 aromatic rings. The molecule has 1 aliphatic heterocycles.